The minimum atomic E-state index is -0.911. The van der Waals surface area contributed by atoms with Crippen LogP contribution in [0.3, 0.4) is 0 Å². The van der Waals surface area contributed by atoms with Crippen LogP contribution < -0.4 is 0 Å². The molecule has 1 fully saturated rings. The lowest BCUT2D eigenvalue weighted by Crippen LogP contribution is -2.62. The van der Waals surface area contributed by atoms with Gasteiger partial charge in [-0.1, -0.05) is 62.8 Å². The van der Waals surface area contributed by atoms with Crippen molar-refractivity contribution in [1.29, 1.82) is 0 Å². The summed E-state index contributed by atoms with van der Waals surface area (Å²) < 4.78 is 5.94. The third-order valence-electron chi connectivity index (χ3n) is 6.64. The van der Waals surface area contributed by atoms with Crippen molar-refractivity contribution in [3.8, 4) is 0 Å². The molecule has 2 N–H and O–H groups in total. The molecule has 0 saturated heterocycles. The minimum Gasteiger partial charge on any atom is -0.455 e. The van der Waals surface area contributed by atoms with Gasteiger partial charge in [0.25, 0.3) is 0 Å². The van der Waals surface area contributed by atoms with E-state index in [-0.39, 0.29) is 12.3 Å². The molecule has 1 aromatic rings. The number of ether oxygens (including phenoxy) is 1. The van der Waals surface area contributed by atoms with E-state index in [4.69, 9.17) is 4.74 Å². The standard InChI is InChI=1S/C24H32O4/c1-16(2)18-12-13-23(3)20(14-18)24(4,15-19(25)22(23)27)28-21(26)11-10-17-8-6-5-7-9-17/h5-11,14,16,19-20,22,25,27H,12-13,15H2,1-4H3. The van der Waals surface area contributed by atoms with E-state index in [0.717, 1.165) is 18.4 Å². The number of carbonyl (C=O) groups is 1. The van der Waals surface area contributed by atoms with Crippen LogP contribution in [0.15, 0.2) is 48.1 Å². The number of benzene rings is 1. The molecule has 3 rings (SSSR count). The zero-order chi connectivity index (χ0) is 20.5. The maximum absolute atomic E-state index is 12.6. The van der Waals surface area contributed by atoms with Crippen LogP contribution >= 0.6 is 0 Å². The Balaban J connectivity index is 1.87. The smallest absolute Gasteiger partial charge is 0.331 e. The molecule has 0 aliphatic heterocycles. The molecule has 0 heterocycles. The molecule has 152 valence electrons. The van der Waals surface area contributed by atoms with Crippen LogP contribution in [0.1, 0.15) is 52.5 Å². The lowest BCUT2D eigenvalue weighted by molar-refractivity contribution is -0.207. The van der Waals surface area contributed by atoms with E-state index in [9.17, 15) is 15.0 Å². The van der Waals surface area contributed by atoms with Gasteiger partial charge in [0.15, 0.2) is 0 Å². The highest BCUT2D eigenvalue weighted by molar-refractivity contribution is 5.87. The van der Waals surface area contributed by atoms with Gasteiger partial charge < -0.3 is 14.9 Å². The maximum Gasteiger partial charge on any atom is 0.331 e. The van der Waals surface area contributed by atoms with Crippen molar-refractivity contribution < 1.29 is 19.7 Å². The van der Waals surface area contributed by atoms with Gasteiger partial charge in [-0.15, -0.1) is 0 Å². The van der Waals surface area contributed by atoms with Crippen LogP contribution in [-0.4, -0.2) is 34.0 Å². The second-order valence-corrected chi connectivity index (χ2v) is 9.07. The van der Waals surface area contributed by atoms with Crippen LogP contribution in [0.4, 0.5) is 0 Å². The van der Waals surface area contributed by atoms with Gasteiger partial charge in [0.1, 0.15) is 5.60 Å². The molecule has 0 aromatic heterocycles. The third-order valence-corrected chi connectivity index (χ3v) is 6.64. The highest BCUT2D eigenvalue weighted by Crippen LogP contribution is 2.55. The van der Waals surface area contributed by atoms with Gasteiger partial charge in [-0.05, 0) is 37.3 Å². The Morgan fingerprint density at radius 3 is 2.54 bits per heavy atom. The van der Waals surface area contributed by atoms with Gasteiger partial charge in [0.2, 0.25) is 0 Å². The molecule has 0 bridgehead atoms. The number of hydrogen-bond acceptors (Lipinski definition) is 4. The summed E-state index contributed by atoms with van der Waals surface area (Å²) in [5.74, 6) is -0.160. The molecule has 0 spiro atoms. The van der Waals surface area contributed by atoms with E-state index < -0.39 is 29.2 Å². The van der Waals surface area contributed by atoms with Crippen LogP contribution in [0, 0.1) is 17.3 Å². The summed E-state index contributed by atoms with van der Waals surface area (Å²) in [6, 6.07) is 9.59. The molecule has 1 saturated carbocycles. The molecule has 4 nitrogen and oxygen atoms in total. The van der Waals surface area contributed by atoms with Crippen LogP contribution in [-0.2, 0) is 9.53 Å². The summed E-state index contributed by atoms with van der Waals surface area (Å²) in [5, 5.41) is 21.3. The SMILES string of the molecule is CC(C)C1=CC2C(C)(OC(=O)C=Cc3ccccc3)CC(O)C(O)C2(C)CC1. The number of rotatable bonds is 4. The first-order valence-corrected chi connectivity index (χ1v) is 10.2. The highest BCUT2D eigenvalue weighted by Gasteiger charge is 2.58. The third kappa shape index (κ3) is 3.94. The number of aliphatic hydroxyl groups excluding tert-OH is 2. The molecule has 5 atom stereocenters. The fourth-order valence-electron chi connectivity index (χ4n) is 4.93. The molecule has 2 aliphatic rings. The lowest BCUT2D eigenvalue weighted by Gasteiger charge is -2.56. The molecular formula is C24H32O4. The topological polar surface area (TPSA) is 66.8 Å². The monoisotopic (exact) mass is 384 g/mol. The summed E-state index contributed by atoms with van der Waals surface area (Å²) >= 11 is 0. The van der Waals surface area contributed by atoms with Gasteiger partial charge >= 0.3 is 5.97 Å². The van der Waals surface area contributed by atoms with Crippen LogP contribution in [0.5, 0.6) is 0 Å². The Hall–Kier alpha value is -1.91. The van der Waals surface area contributed by atoms with Crippen molar-refractivity contribution in [2.24, 2.45) is 17.3 Å². The quantitative estimate of drug-likeness (QED) is 0.465. The number of aliphatic hydroxyl groups is 2. The summed E-state index contributed by atoms with van der Waals surface area (Å²) in [4.78, 5) is 12.6. The average molecular weight is 385 g/mol. The highest BCUT2D eigenvalue weighted by atomic mass is 16.6. The summed E-state index contributed by atoms with van der Waals surface area (Å²) in [6.45, 7) is 8.21. The Kier molecular flexibility index (Phi) is 5.83. The maximum atomic E-state index is 12.6. The first-order valence-electron chi connectivity index (χ1n) is 10.2. The van der Waals surface area contributed by atoms with E-state index in [2.05, 4.69) is 19.9 Å². The van der Waals surface area contributed by atoms with Gasteiger partial charge in [0.05, 0.1) is 12.2 Å². The van der Waals surface area contributed by atoms with Crippen molar-refractivity contribution in [2.45, 2.75) is 64.8 Å². The van der Waals surface area contributed by atoms with E-state index in [1.807, 2.05) is 44.2 Å². The number of esters is 1. The molecule has 2 aliphatic carbocycles. The molecule has 0 radical (unpaired) electrons. The molecular weight excluding hydrogens is 352 g/mol. The predicted molar refractivity (Wildman–Crippen MR) is 110 cm³/mol. The molecule has 5 unspecified atom stereocenters. The predicted octanol–water partition coefficient (Wildman–Crippen LogP) is 4.13. The Morgan fingerprint density at radius 1 is 1.21 bits per heavy atom. The Labute approximate surface area is 167 Å². The summed E-state index contributed by atoms with van der Waals surface area (Å²) in [6.07, 6.45) is 5.51. The first-order chi connectivity index (χ1) is 13.2. The van der Waals surface area contributed by atoms with Gasteiger partial charge in [0, 0.05) is 23.8 Å². The van der Waals surface area contributed by atoms with Gasteiger partial charge in [-0.3, -0.25) is 0 Å². The van der Waals surface area contributed by atoms with Crippen molar-refractivity contribution in [3.05, 3.63) is 53.6 Å². The van der Waals surface area contributed by atoms with Gasteiger partial charge in [-0.2, -0.15) is 0 Å². The molecule has 1 aromatic carbocycles. The summed E-state index contributed by atoms with van der Waals surface area (Å²) in [7, 11) is 0. The van der Waals surface area contributed by atoms with E-state index in [1.165, 1.54) is 11.6 Å². The summed E-state index contributed by atoms with van der Waals surface area (Å²) in [5.41, 5.74) is 0.863. The number of hydrogen-bond donors (Lipinski definition) is 2. The van der Waals surface area contributed by atoms with Crippen molar-refractivity contribution in [2.75, 3.05) is 0 Å². The van der Waals surface area contributed by atoms with E-state index >= 15 is 0 Å². The van der Waals surface area contributed by atoms with Crippen molar-refractivity contribution in [3.63, 3.8) is 0 Å². The Morgan fingerprint density at radius 2 is 1.89 bits per heavy atom. The minimum absolute atomic E-state index is 0.140. The van der Waals surface area contributed by atoms with Crippen LogP contribution in [0.2, 0.25) is 0 Å². The Bertz CT molecular complexity index is 766. The lowest BCUT2D eigenvalue weighted by atomic mass is 9.54. The number of allylic oxidation sites excluding steroid dienone is 1. The zero-order valence-corrected chi connectivity index (χ0v) is 17.3. The molecule has 4 heteroatoms. The first kappa shape index (κ1) is 20.8. The van der Waals surface area contributed by atoms with Gasteiger partial charge in [-0.25, -0.2) is 4.79 Å². The van der Waals surface area contributed by atoms with Crippen LogP contribution in [0.25, 0.3) is 6.08 Å². The average Bonchev–Trinajstić information content (AvgIpc) is 2.65. The largest absolute Gasteiger partial charge is 0.455 e. The van der Waals surface area contributed by atoms with Crippen molar-refractivity contribution >= 4 is 12.0 Å². The second-order valence-electron chi connectivity index (χ2n) is 9.07. The fraction of sp³-hybridized carbons (Fsp3) is 0.542. The molecule has 28 heavy (non-hydrogen) atoms. The molecule has 0 amide bonds. The number of fused-ring (bicyclic) bond motifs is 1. The van der Waals surface area contributed by atoms with E-state index in [1.54, 1.807) is 6.08 Å². The normalized spacial score (nSPS) is 35.5. The zero-order valence-electron chi connectivity index (χ0n) is 17.3. The van der Waals surface area contributed by atoms with Crippen molar-refractivity contribution in [1.82, 2.24) is 0 Å². The number of carbonyl (C=O) groups excluding carboxylic acids is 1. The second kappa shape index (κ2) is 7.84. The fourth-order valence-corrected chi connectivity index (χ4v) is 4.93. The van der Waals surface area contributed by atoms with E-state index in [0.29, 0.717) is 5.92 Å².